The molecule has 1 unspecified atom stereocenters. The minimum atomic E-state index is -3.57. The van der Waals surface area contributed by atoms with Gasteiger partial charge in [0.1, 0.15) is 5.82 Å². The van der Waals surface area contributed by atoms with Crippen LogP contribution < -0.4 is 10.6 Å². The van der Waals surface area contributed by atoms with Crippen molar-refractivity contribution in [1.29, 1.82) is 0 Å². The van der Waals surface area contributed by atoms with Crippen molar-refractivity contribution in [2.24, 2.45) is 5.92 Å². The van der Waals surface area contributed by atoms with E-state index in [0.29, 0.717) is 25.6 Å². The van der Waals surface area contributed by atoms with E-state index >= 15 is 0 Å². The number of carbonyl (C=O) groups is 1. The summed E-state index contributed by atoms with van der Waals surface area (Å²) < 4.78 is 39.6. The molecule has 2 N–H and O–H groups in total. The van der Waals surface area contributed by atoms with Gasteiger partial charge in [0.05, 0.1) is 4.90 Å². The van der Waals surface area contributed by atoms with Crippen LogP contribution in [0.2, 0.25) is 0 Å². The van der Waals surface area contributed by atoms with Crippen molar-refractivity contribution in [3.63, 3.8) is 0 Å². The van der Waals surface area contributed by atoms with Crippen LogP contribution in [-0.4, -0.2) is 44.4 Å². The van der Waals surface area contributed by atoms with Gasteiger partial charge in [-0.15, -0.1) is 0 Å². The summed E-state index contributed by atoms with van der Waals surface area (Å²) >= 11 is 0. The molecule has 2 rings (SSSR count). The summed E-state index contributed by atoms with van der Waals surface area (Å²) in [6, 6.07) is 4.92. The highest BCUT2D eigenvalue weighted by molar-refractivity contribution is 7.89. The van der Waals surface area contributed by atoms with E-state index in [4.69, 9.17) is 0 Å². The molecule has 8 heteroatoms. The molecule has 6 nitrogen and oxygen atoms in total. The van der Waals surface area contributed by atoms with Crippen LogP contribution >= 0.6 is 0 Å². The summed E-state index contributed by atoms with van der Waals surface area (Å²) in [6.07, 6.45) is 3.23. The molecule has 0 aromatic heterocycles. The smallest absolute Gasteiger partial charge is 0.314 e. The molecule has 0 bridgehead atoms. The molecule has 1 aromatic carbocycles. The highest BCUT2D eigenvalue weighted by Gasteiger charge is 2.29. The molecule has 1 atom stereocenters. The number of urea groups is 1. The first kappa shape index (κ1) is 20.6. The van der Waals surface area contributed by atoms with Gasteiger partial charge in [0.25, 0.3) is 0 Å². The number of nitrogens with zero attached hydrogens (tertiary/aromatic N) is 1. The van der Waals surface area contributed by atoms with E-state index in [1.807, 2.05) is 13.8 Å². The lowest BCUT2D eigenvalue weighted by molar-refractivity contribution is 0.233. The Bertz CT molecular complexity index is 686. The predicted molar refractivity (Wildman–Crippen MR) is 98.8 cm³/mol. The van der Waals surface area contributed by atoms with E-state index < -0.39 is 15.8 Å². The summed E-state index contributed by atoms with van der Waals surface area (Å²) in [5, 5.41) is 5.70. The maximum Gasteiger partial charge on any atom is 0.314 e. The van der Waals surface area contributed by atoms with E-state index in [1.165, 1.54) is 16.4 Å². The second kappa shape index (κ2) is 9.32. The van der Waals surface area contributed by atoms with Crippen molar-refractivity contribution in [3.8, 4) is 0 Å². The fourth-order valence-corrected chi connectivity index (χ4v) is 4.43. The number of sulfonamides is 1. The monoisotopic (exact) mass is 385 g/mol. The Balaban J connectivity index is 1.76. The molecule has 26 heavy (non-hydrogen) atoms. The number of benzene rings is 1. The number of carbonyl (C=O) groups excluding carboxylic acids is 1. The first-order valence-electron chi connectivity index (χ1n) is 9.13. The van der Waals surface area contributed by atoms with Crippen molar-refractivity contribution >= 4 is 16.1 Å². The highest BCUT2D eigenvalue weighted by Crippen LogP contribution is 2.25. The minimum Gasteiger partial charge on any atom is -0.338 e. The van der Waals surface area contributed by atoms with Crippen LogP contribution in [0.4, 0.5) is 9.18 Å². The molecule has 1 heterocycles. The van der Waals surface area contributed by atoms with Crippen LogP contribution in [0.15, 0.2) is 29.2 Å². The predicted octanol–water partition coefficient (Wildman–Crippen LogP) is 2.71. The Hall–Kier alpha value is -1.67. The number of nitrogens with one attached hydrogen (secondary N) is 2. The van der Waals surface area contributed by atoms with Gasteiger partial charge in [-0.25, -0.2) is 17.6 Å². The van der Waals surface area contributed by atoms with Crippen molar-refractivity contribution in [1.82, 2.24) is 14.9 Å². The van der Waals surface area contributed by atoms with Crippen molar-refractivity contribution in [2.75, 3.05) is 19.6 Å². The third-order valence-corrected chi connectivity index (χ3v) is 6.77. The van der Waals surface area contributed by atoms with Crippen LogP contribution in [0, 0.1) is 11.7 Å². The maximum absolute atomic E-state index is 13.0. The summed E-state index contributed by atoms with van der Waals surface area (Å²) in [6.45, 7) is 5.44. The zero-order valence-corrected chi connectivity index (χ0v) is 16.2. The van der Waals surface area contributed by atoms with Crippen LogP contribution in [0.5, 0.6) is 0 Å². The molecule has 1 aliphatic rings. The Morgan fingerprint density at radius 2 is 1.88 bits per heavy atom. The topological polar surface area (TPSA) is 78.5 Å². The average Bonchev–Trinajstić information content (AvgIpc) is 2.62. The van der Waals surface area contributed by atoms with Crippen LogP contribution in [0.25, 0.3) is 0 Å². The van der Waals surface area contributed by atoms with Crippen LogP contribution in [-0.2, 0) is 10.0 Å². The zero-order chi connectivity index (χ0) is 19.2. The summed E-state index contributed by atoms with van der Waals surface area (Å²) in [5.74, 6) is -0.0638. The third-order valence-electron chi connectivity index (χ3n) is 4.85. The molecule has 0 spiro atoms. The molecule has 0 aliphatic carbocycles. The van der Waals surface area contributed by atoms with Gasteiger partial charge in [0.2, 0.25) is 10.0 Å². The molecule has 1 aromatic rings. The minimum absolute atomic E-state index is 0.126. The Labute approximate surface area is 155 Å². The van der Waals surface area contributed by atoms with Gasteiger partial charge >= 0.3 is 6.03 Å². The van der Waals surface area contributed by atoms with Gasteiger partial charge in [0, 0.05) is 25.7 Å². The number of rotatable bonds is 7. The van der Waals surface area contributed by atoms with Crippen LogP contribution in [0.1, 0.15) is 39.5 Å². The standard InChI is InChI=1S/C18H28FN3O3S/c1-3-14(2)21-18(23)20-11-8-15-9-12-22(13-10-15)26(24,25)17-6-4-16(19)5-7-17/h4-7,14-15H,3,8-13H2,1-2H3,(H2,20,21,23). The molecular formula is C18H28FN3O3S. The molecular weight excluding hydrogens is 357 g/mol. The number of amides is 2. The first-order valence-corrected chi connectivity index (χ1v) is 10.6. The van der Waals surface area contributed by atoms with Crippen LogP contribution in [0.3, 0.4) is 0 Å². The Morgan fingerprint density at radius 3 is 2.46 bits per heavy atom. The summed E-state index contributed by atoms with van der Waals surface area (Å²) in [4.78, 5) is 11.8. The average molecular weight is 386 g/mol. The van der Waals surface area contributed by atoms with Gasteiger partial charge in [-0.3, -0.25) is 0 Å². The normalized spacial score (nSPS) is 17.7. The summed E-state index contributed by atoms with van der Waals surface area (Å²) in [5.41, 5.74) is 0. The fourth-order valence-electron chi connectivity index (χ4n) is 2.96. The van der Waals surface area contributed by atoms with E-state index in [0.717, 1.165) is 37.8 Å². The quantitative estimate of drug-likeness (QED) is 0.757. The summed E-state index contributed by atoms with van der Waals surface area (Å²) in [7, 11) is -3.57. The number of hydrogen-bond acceptors (Lipinski definition) is 3. The second-order valence-corrected chi connectivity index (χ2v) is 8.74. The van der Waals surface area contributed by atoms with E-state index in [2.05, 4.69) is 10.6 Å². The first-order chi connectivity index (χ1) is 12.3. The number of piperidine rings is 1. The molecule has 1 aliphatic heterocycles. The van der Waals surface area contributed by atoms with Crippen molar-refractivity contribution in [3.05, 3.63) is 30.1 Å². The SMILES string of the molecule is CCC(C)NC(=O)NCCC1CCN(S(=O)(=O)c2ccc(F)cc2)CC1. The van der Waals surface area contributed by atoms with Gasteiger partial charge < -0.3 is 10.6 Å². The third kappa shape index (κ3) is 5.67. The van der Waals surface area contributed by atoms with Gasteiger partial charge in [-0.2, -0.15) is 4.31 Å². The lowest BCUT2D eigenvalue weighted by Gasteiger charge is -2.31. The second-order valence-electron chi connectivity index (χ2n) is 6.80. The van der Waals surface area contributed by atoms with Crippen molar-refractivity contribution in [2.45, 2.75) is 50.5 Å². The lowest BCUT2D eigenvalue weighted by Crippen LogP contribution is -2.42. The lowest BCUT2D eigenvalue weighted by atomic mass is 9.95. The van der Waals surface area contributed by atoms with Gasteiger partial charge in [-0.05, 0) is 62.8 Å². The van der Waals surface area contributed by atoms with Crippen molar-refractivity contribution < 1.29 is 17.6 Å². The maximum atomic E-state index is 13.0. The van der Waals surface area contributed by atoms with Gasteiger partial charge in [0.15, 0.2) is 0 Å². The Morgan fingerprint density at radius 1 is 1.27 bits per heavy atom. The number of hydrogen-bond donors (Lipinski definition) is 2. The molecule has 0 radical (unpaired) electrons. The fraction of sp³-hybridized carbons (Fsp3) is 0.611. The van der Waals surface area contributed by atoms with E-state index in [1.54, 1.807) is 0 Å². The Kier molecular flexibility index (Phi) is 7.40. The molecule has 146 valence electrons. The zero-order valence-electron chi connectivity index (χ0n) is 15.4. The highest BCUT2D eigenvalue weighted by atomic mass is 32.2. The largest absolute Gasteiger partial charge is 0.338 e. The molecule has 1 fully saturated rings. The molecule has 0 saturated carbocycles. The molecule has 1 saturated heterocycles. The van der Waals surface area contributed by atoms with Gasteiger partial charge in [-0.1, -0.05) is 6.92 Å². The number of halogens is 1. The van der Waals surface area contributed by atoms with E-state index in [9.17, 15) is 17.6 Å². The molecule has 2 amide bonds. The van der Waals surface area contributed by atoms with E-state index in [-0.39, 0.29) is 17.0 Å².